The highest BCUT2D eigenvalue weighted by Gasteiger charge is 2.22. The molecule has 2 N–H and O–H groups in total. The van der Waals surface area contributed by atoms with E-state index in [1.54, 1.807) is 12.1 Å². The van der Waals surface area contributed by atoms with E-state index in [4.69, 9.17) is 34.8 Å². The first-order chi connectivity index (χ1) is 8.58. The van der Waals surface area contributed by atoms with Crippen LogP contribution in [0.5, 0.6) is 0 Å². The van der Waals surface area contributed by atoms with Gasteiger partial charge < -0.3 is 10.6 Å². The molecule has 1 aromatic carbocycles. The average Bonchev–Trinajstić information content (AvgIpc) is 2.34. The summed E-state index contributed by atoms with van der Waals surface area (Å²) in [6.45, 7) is 1.65. The van der Waals surface area contributed by atoms with Crippen LogP contribution in [0.1, 0.15) is 12.8 Å². The molecule has 1 heterocycles. The molecule has 0 bridgehead atoms. The molecule has 2 rings (SSSR count). The van der Waals surface area contributed by atoms with Gasteiger partial charge in [0.05, 0.1) is 21.7 Å². The number of hydrogen-bond donors (Lipinski definition) is 2. The van der Waals surface area contributed by atoms with Crippen LogP contribution in [-0.2, 0) is 4.79 Å². The first-order valence-electron chi connectivity index (χ1n) is 5.74. The maximum Gasteiger partial charge on any atom is 0.228 e. The van der Waals surface area contributed by atoms with E-state index in [2.05, 4.69) is 10.6 Å². The molecule has 18 heavy (non-hydrogen) atoms. The Bertz CT molecular complexity index is 436. The SMILES string of the molecule is O=C(Nc1c(Cl)cc(Cl)cc1Cl)C1CCCNC1. The van der Waals surface area contributed by atoms with E-state index in [-0.39, 0.29) is 11.8 Å². The molecule has 6 heteroatoms. The minimum atomic E-state index is -0.0617. The van der Waals surface area contributed by atoms with Crippen LogP contribution in [-0.4, -0.2) is 19.0 Å². The average molecular weight is 308 g/mol. The third-order valence-electron chi connectivity index (χ3n) is 2.92. The molecule has 0 aliphatic carbocycles. The molecule has 0 radical (unpaired) electrons. The molecule has 1 saturated heterocycles. The quantitative estimate of drug-likeness (QED) is 0.877. The monoisotopic (exact) mass is 306 g/mol. The Labute approximate surface area is 121 Å². The van der Waals surface area contributed by atoms with E-state index in [0.29, 0.717) is 27.3 Å². The summed E-state index contributed by atoms with van der Waals surface area (Å²) in [5.74, 6) is -0.102. The molecule has 1 aliphatic heterocycles. The van der Waals surface area contributed by atoms with E-state index in [1.165, 1.54) is 0 Å². The van der Waals surface area contributed by atoms with Gasteiger partial charge in [0.2, 0.25) is 5.91 Å². The number of carbonyl (C=O) groups excluding carboxylic acids is 1. The van der Waals surface area contributed by atoms with Crippen LogP contribution >= 0.6 is 34.8 Å². The molecule has 1 atom stereocenters. The molecule has 1 amide bonds. The van der Waals surface area contributed by atoms with Crippen molar-refractivity contribution in [3.8, 4) is 0 Å². The predicted octanol–water partition coefficient (Wildman–Crippen LogP) is 3.58. The Morgan fingerprint density at radius 2 is 1.94 bits per heavy atom. The minimum Gasteiger partial charge on any atom is -0.323 e. The van der Waals surface area contributed by atoms with Gasteiger partial charge in [-0.2, -0.15) is 0 Å². The Hall–Kier alpha value is -0.480. The summed E-state index contributed by atoms with van der Waals surface area (Å²) in [4.78, 5) is 12.1. The summed E-state index contributed by atoms with van der Waals surface area (Å²) in [5, 5.41) is 7.12. The molecule has 1 fully saturated rings. The number of nitrogens with one attached hydrogen (secondary N) is 2. The summed E-state index contributed by atoms with van der Waals surface area (Å²) in [6, 6.07) is 3.12. The van der Waals surface area contributed by atoms with Crippen LogP contribution in [0.3, 0.4) is 0 Å². The van der Waals surface area contributed by atoms with Crippen molar-refractivity contribution < 1.29 is 4.79 Å². The van der Waals surface area contributed by atoms with E-state index in [9.17, 15) is 4.79 Å². The van der Waals surface area contributed by atoms with Crippen molar-refractivity contribution in [3.63, 3.8) is 0 Å². The number of rotatable bonds is 2. The van der Waals surface area contributed by atoms with Crippen LogP contribution in [0.2, 0.25) is 15.1 Å². The topological polar surface area (TPSA) is 41.1 Å². The van der Waals surface area contributed by atoms with Crippen LogP contribution in [0.25, 0.3) is 0 Å². The third-order valence-corrected chi connectivity index (χ3v) is 3.74. The fourth-order valence-electron chi connectivity index (χ4n) is 1.96. The Morgan fingerprint density at radius 1 is 1.28 bits per heavy atom. The third kappa shape index (κ3) is 3.29. The van der Waals surface area contributed by atoms with Crippen LogP contribution in [0, 0.1) is 5.92 Å². The van der Waals surface area contributed by atoms with Gasteiger partial charge in [-0.3, -0.25) is 4.79 Å². The lowest BCUT2D eigenvalue weighted by atomic mass is 9.99. The molecular weight excluding hydrogens is 295 g/mol. The van der Waals surface area contributed by atoms with Crippen molar-refractivity contribution in [2.24, 2.45) is 5.92 Å². The Morgan fingerprint density at radius 3 is 2.50 bits per heavy atom. The van der Waals surface area contributed by atoms with Gasteiger partial charge in [0.15, 0.2) is 0 Å². The number of piperidine rings is 1. The molecule has 1 unspecified atom stereocenters. The number of hydrogen-bond acceptors (Lipinski definition) is 2. The first-order valence-corrected chi connectivity index (χ1v) is 6.87. The molecule has 0 saturated carbocycles. The van der Waals surface area contributed by atoms with Crippen LogP contribution < -0.4 is 10.6 Å². The first kappa shape index (κ1) is 13.9. The molecule has 0 aromatic heterocycles. The summed E-state index contributed by atoms with van der Waals surface area (Å²) in [7, 11) is 0. The van der Waals surface area contributed by atoms with Crippen LogP contribution in [0.4, 0.5) is 5.69 Å². The van der Waals surface area contributed by atoms with Gasteiger partial charge in [0, 0.05) is 11.6 Å². The number of amides is 1. The summed E-state index contributed by atoms with van der Waals surface area (Å²) in [5.41, 5.74) is 0.429. The second-order valence-corrected chi connectivity index (χ2v) is 5.53. The van der Waals surface area contributed by atoms with Gasteiger partial charge in [-0.05, 0) is 31.5 Å². The normalized spacial score (nSPS) is 19.6. The zero-order chi connectivity index (χ0) is 13.1. The molecule has 0 spiro atoms. The minimum absolute atomic E-state index is 0.0402. The van der Waals surface area contributed by atoms with Crippen molar-refractivity contribution in [2.45, 2.75) is 12.8 Å². The summed E-state index contributed by atoms with van der Waals surface area (Å²) < 4.78 is 0. The van der Waals surface area contributed by atoms with Crippen LogP contribution in [0.15, 0.2) is 12.1 Å². The maximum absolute atomic E-state index is 12.1. The smallest absolute Gasteiger partial charge is 0.228 e. The highest BCUT2D eigenvalue weighted by atomic mass is 35.5. The number of anilines is 1. The number of benzene rings is 1. The largest absolute Gasteiger partial charge is 0.323 e. The molecule has 98 valence electrons. The van der Waals surface area contributed by atoms with E-state index in [0.717, 1.165) is 19.4 Å². The van der Waals surface area contributed by atoms with Gasteiger partial charge in [-0.25, -0.2) is 0 Å². The van der Waals surface area contributed by atoms with Crippen molar-refractivity contribution in [3.05, 3.63) is 27.2 Å². The van der Waals surface area contributed by atoms with Crippen molar-refractivity contribution >= 4 is 46.4 Å². The summed E-state index contributed by atoms with van der Waals surface area (Å²) in [6.07, 6.45) is 1.88. The zero-order valence-electron chi connectivity index (χ0n) is 9.60. The highest BCUT2D eigenvalue weighted by molar-refractivity contribution is 6.42. The number of carbonyl (C=O) groups is 1. The van der Waals surface area contributed by atoms with E-state index >= 15 is 0 Å². The molecule has 1 aliphatic rings. The molecular formula is C12H13Cl3N2O. The fourth-order valence-corrected chi connectivity index (χ4v) is 2.87. The standard InChI is InChI=1S/C12H13Cl3N2O/c13-8-4-9(14)11(10(15)5-8)17-12(18)7-2-1-3-16-6-7/h4-5,7,16H,1-3,6H2,(H,17,18). The van der Waals surface area contributed by atoms with Gasteiger partial charge >= 0.3 is 0 Å². The lowest BCUT2D eigenvalue weighted by Gasteiger charge is -2.22. The van der Waals surface area contributed by atoms with E-state index < -0.39 is 0 Å². The second-order valence-electron chi connectivity index (χ2n) is 4.28. The highest BCUT2D eigenvalue weighted by Crippen LogP contribution is 2.34. The second kappa shape index (κ2) is 6.11. The van der Waals surface area contributed by atoms with E-state index in [1.807, 2.05) is 0 Å². The van der Waals surface area contributed by atoms with Crippen molar-refractivity contribution in [2.75, 3.05) is 18.4 Å². The maximum atomic E-state index is 12.1. The van der Waals surface area contributed by atoms with Crippen molar-refractivity contribution in [1.29, 1.82) is 0 Å². The summed E-state index contributed by atoms with van der Waals surface area (Å²) >= 11 is 17.9. The van der Waals surface area contributed by atoms with Gasteiger partial charge in [-0.15, -0.1) is 0 Å². The fraction of sp³-hybridized carbons (Fsp3) is 0.417. The Balaban J connectivity index is 2.11. The van der Waals surface area contributed by atoms with Crippen molar-refractivity contribution in [1.82, 2.24) is 5.32 Å². The molecule has 1 aromatic rings. The lowest BCUT2D eigenvalue weighted by molar-refractivity contribution is -0.120. The van der Waals surface area contributed by atoms with Gasteiger partial charge in [0.25, 0.3) is 0 Å². The number of halogens is 3. The molecule has 3 nitrogen and oxygen atoms in total. The van der Waals surface area contributed by atoms with Gasteiger partial charge in [0.1, 0.15) is 0 Å². The van der Waals surface area contributed by atoms with Gasteiger partial charge in [-0.1, -0.05) is 34.8 Å². The lowest BCUT2D eigenvalue weighted by Crippen LogP contribution is -2.37. The Kier molecular flexibility index (Phi) is 4.73. The predicted molar refractivity (Wildman–Crippen MR) is 75.7 cm³/mol. The zero-order valence-corrected chi connectivity index (χ0v) is 11.9.